The number of aromatic nitrogens is 2. The Kier molecular flexibility index (Phi) is 2.02. The molecule has 0 atom stereocenters. The van der Waals surface area contributed by atoms with Crippen LogP contribution in [0.25, 0.3) is 0 Å². The van der Waals surface area contributed by atoms with Crippen molar-refractivity contribution in [3.05, 3.63) is 17.6 Å². The van der Waals surface area contributed by atoms with Crippen LogP contribution < -0.4 is 11.5 Å². The van der Waals surface area contributed by atoms with Gasteiger partial charge in [-0.3, -0.25) is 0 Å². The highest BCUT2D eigenvalue weighted by Crippen LogP contribution is 2.15. The first-order valence-electron chi connectivity index (χ1n) is 3.80. The van der Waals surface area contributed by atoms with Gasteiger partial charge in [-0.1, -0.05) is 0 Å². The Morgan fingerprint density at radius 2 is 1.92 bits per heavy atom. The van der Waals surface area contributed by atoms with E-state index in [1.54, 1.807) is 13.0 Å². The highest BCUT2D eigenvalue weighted by molar-refractivity contribution is 5.32. The molecule has 0 radical (unpaired) electrons. The van der Waals surface area contributed by atoms with Crippen molar-refractivity contribution in [2.24, 2.45) is 5.73 Å². The predicted octanol–water partition coefficient (Wildman–Crippen LogP) is 0.561. The van der Waals surface area contributed by atoms with E-state index in [1.807, 2.05) is 13.8 Å². The summed E-state index contributed by atoms with van der Waals surface area (Å²) in [6.07, 6.45) is 0. The zero-order valence-electron chi connectivity index (χ0n) is 7.63. The Hall–Kier alpha value is -1.16. The Balaban J connectivity index is 3.18. The van der Waals surface area contributed by atoms with Crippen LogP contribution >= 0.6 is 0 Å². The van der Waals surface area contributed by atoms with Crippen molar-refractivity contribution in [2.75, 3.05) is 5.73 Å². The van der Waals surface area contributed by atoms with Gasteiger partial charge in [0.15, 0.2) is 0 Å². The lowest BCUT2D eigenvalue weighted by atomic mass is 10.0. The Labute approximate surface area is 72.0 Å². The van der Waals surface area contributed by atoms with Gasteiger partial charge in [-0.2, -0.15) is 0 Å². The fraction of sp³-hybridized carbons (Fsp3) is 0.500. The first-order chi connectivity index (χ1) is 5.39. The Bertz CT molecular complexity index is 267. The molecule has 0 aromatic carbocycles. The van der Waals surface area contributed by atoms with Gasteiger partial charge in [0, 0.05) is 6.07 Å². The second kappa shape index (κ2) is 2.71. The zero-order valence-corrected chi connectivity index (χ0v) is 7.63. The summed E-state index contributed by atoms with van der Waals surface area (Å²) < 4.78 is 0. The van der Waals surface area contributed by atoms with Gasteiger partial charge >= 0.3 is 0 Å². The number of nitrogen functional groups attached to an aromatic ring is 1. The fourth-order valence-electron chi connectivity index (χ4n) is 0.921. The Morgan fingerprint density at radius 3 is 2.33 bits per heavy atom. The lowest BCUT2D eigenvalue weighted by Crippen LogP contribution is -2.30. The van der Waals surface area contributed by atoms with Crippen molar-refractivity contribution < 1.29 is 0 Å². The van der Waals surface area contributed by atoms with Crippen molar-refractivity contribution in [2.45, 2.75) is 26.3 Å². The van der Waals surface area contributed by atoms with Crippen LogP contribution in [0.2, 0.25) is 0 Å². The van der Waals surface area contributed by atoms with Crippen LogP contribution in [0.1, 0.15) is 25.4 Å². The van der Waals surface area contributed by atoms with Gasteiger partial charge < -0.3 is 11.5 Å². The molecule has 1 heterocycles. The largest absolute Gasteiger partial charge is 0.384 e. The number of anilines is 1. The van der Waals surface area contributed by atoms with Gasteiger partial charge in [-0.25, -0.2) is 9.97 Å². The molecule has 4 heteroatoms. The van der Waals surface area contributed by atoms with Crippen molar-refractivity contribution in [1.29, 1.82) is 0 Å². The second-order valence-corrected chi connectivity index (χ2v) is 3.45. The van der Waals surface area contributed by atoms with Crippen molar-refractivity contribution in [3.63, 3.8) is 0 Å². The minimum absolute atomic E-state index is 0.457. The summed E-state index contributed by atoms with van der Waals surface area (Å²) in [7, 11) is 0. The molecule has 0 bridgehead atoms. The molecule has 12 heavy (non-hydrogen) atoms. The highest BCUT2D eigenvalue weighted by Gasteiger charge is 2.16. The molecule has 0 unspecified atom stereocenters. The quantitative estimate of drug-likeness (QED) is 0.639. The summed E-state index contributed by atoms with van der Waals surface area (Å²) in [5.41, 5.74) is 11.7. The van der Waals surface area contributed by atoms with E-state index < -0.39 is 5.54 Å². The summed E-state index contributed by atoms with van der Waals surface area (Å²) in [6.45, 7) is 5.56. The highest BCUT2D eigenvalue weighted by atomic mass is 15.0. The van der Waals surface area contributed by atoms with Gasteiger partial charge in [0.25, 0.3) is 0 Å². The molecule has 0 aliphatic heterocycles. The number of nitrogens with two attached hydrogens (primary N) is 2. The molecule has 0 saturated carbocycles. The van der Waals surface area contributed by atoms with E-state index in [4.69, 9.17) is 11.5 Å². The van der Waals surface area contributed by atoms with Crippen LogP contribution in [-0.4, -0.2) is 9.97 Å². The third kappa shape index (κ3) is 1.92. The predicted molar refractivity (Wildman–Crippen MR) is 48.4 cm³/mol. The normalized spacial score (nSPS) is 11.7. The number of hydrogen-bond donors (Lipinski definition) is 2. The van der Waals surface area contributed by atoms with E-state index in [2.05, 4.69) is 9.97 Å². The number of hydrogen-bond acceptors (Lipinski definition) is 4. The summed E-state index contributed by atoms with van der Waals surface area (Å²) in [5.74, 6) is 1.12. The first kappa shape index (κ1) is 8.93. The summed E-state index contributed by atoms with van der Waals surface area (Å²) in [6, 6.07) is 1.70. The molecule has 0 spiro atoms. The first-order valence-corrected chi connectivity index (χ1v) is 3.80. The Morgan fingerprint density at radius 1 is 1.33 bits per heavy atom. The molecule has 1 aromatic heterocycles. The SMILES string of the molecule is Cc1nc(N)cc(C(C)(C)N)n1. The summed E-state index contributed by atoms with van der Waals surface area (Å²) in [5, 5.41) is 0. The van der Waals surface area contributed by atoms with Gasteiger partial charge in [0.2, 0.25) is 0 Å². The lowest BCUT2D eigenvalue weighted by Gasteiger charge is -2.18. The maximum absolute atomic E-state index is 5.85. The standard InChI is InChI=1S/C8H14N4/c1-5-11-6(8(2,3)10)4-7(9)12-5/h4H,10H2,1-3H3,(H2,9,11,12). The molecule has 0 aliphatic rings. The van der Waals surface area contributed by atoms with E-state index in [1.165, 1.54) is 0 Å². The molecule has 66 valence electrons. The van der Waals surface area contributed by atoms with Crippen molar-refractivity contribution >= 4 is 5.82 Å². The van der Waals surface area contributed by atoms with E-state index in [0.717, 1.165) is 5.69 Å². The average Bonchev–Trinajstić information content (AvgIpc) is 1.82. The van der Waals surface area contributed by atoms with E-state index in [0.29, 0.717) is 11.6 Å². The van der Waals surface area contributed by atoms with E-state index in [9.17, 15) is 0 Å². The molecule has 0 fully saturated rings. The minimum Gasteiger partial charge on any atom is -0.384 e. The minimum atomic E-state index is -0.457. The van der Waals surface area contributed by atoms with Gasteiger partial charge in [-0.05, 0) is 20.8 Å². The topological polar surface area (TPSA) is 77.8 Å². The van der Waals surface area contributed by atoms with Crippen LogP contribution in [0.15, 0.2) is 6.07 Å². The van der Waals surface area contributed by atoms with Gasteiger partial charge in [0.1, 0.15) is 11.6 Å². The molecule has 0 aliphatic carbocycles. The zero-order chi connectivity index (χ0) is 9.35. The van der Waals surface area contributed by atoms with Crippen LogP contribution in [0.3, 0.4) is 0 Å². The van der Waals surface area contributed by atoms with Crippen LogP contribution in [0.4, 0.5) is 5.82 Å². The van der Waals surface area contributed by atoms with Crippen molar-refractivity contribution in [1.82, 2.24) is 9.97 Å². The summed E-state index contributed by atoms with van der Waals surface area (Å²) in [4.78, 5) is 8.15. The molecule has 0 amide bonds. The van der Waals surface area contributed by atoms with Gasteiger partial charge in [0.05, 0.1) is 11.2 Å². The van der Waals surface area contributed by atoms with Crippen molar-refractivity contribution in [3.8, 4) is 0 Å². The lowest BCUT2D eigenvalue weighted by molar-refractivity contribution is 0.532. The maximum atomic E-state index is 5.85. The summed E-state index contributed by atoms with van der Waals surface area (Å²) >= 11 is 0. The van der Waals surface area contributed by atoms with Gasteiger partial charge in [-0.15, -0.1) is 0 Å². The molecule has 4 nitrogen and oxygen atoms in total. The molecular formula is C8H14N4. The van der Waals surface area contributed by atoms with E-state index >= 15 is 0 Å². The third-order valence-corrected chi connectivity index (χ3v) is 1.52. The molecule has 0 saturated heterocycles. The molecule has 1 aromatic rings. The molecule has 1 rings (SSSR count). The fourth-order valence-corrected chi connectivity index (χ4v) is 0.921. The monoisotopic (exact) mass is 166 g/mol. The molecular weight excluding hydrogens is 152 g/mol. The second-order valence-electron chi connectivity index (χ2n) is 3.45. The smallest absolute Gasteiger partial charge is 0.127 e. The number of nitrogens with zero attached hydrogens (tertiary/aromatic N) is 2. The van der Waals surface area contributed by atoms with Crippen LogP contribution in [0, 0.1) is 6.92 Å². The number of aryl methyl sites for hydroxylation is 1. The molecule has 4 N–H and O–H groups in total. The maximum Gasteiger partial charge on any atom is 0.127 e. The average molecular weight is 166 g/mol. The third-order valence-electron chi connectivity index (χ3n) is 1.52. The number of rotatable bonds is 1. The van der Waals surface area contributed by atoms with Crippen LogP contribution in [0.5, 0.6) is 0 Å². The van der Waals surface area contributed by atoms with Crippen LogP contribution in [-0.2, 0) is 5.54 Å². The van der Waals surface area contributed by atoms with E-state index in [-0.39, 0.29) is 0 Å².